The first-order chi connectivity index (χ1) is 12.3. The van der Waals surface area contributed by atoms with Crippen molar-refractivity contribution < 1.29 is 42.8 Å². The summed E-state index contributed by atoms with van der Waals surface area (Å²) >= 11 is 0. The standard InChI is InChI=1S/C19H30N4O3.HI/c1-6-22-15-9-8-14(12-16(15)23(7-2)17(22)13-20)25-11-10-21-18(24)26-19(3,4)5;/h8-9,12H,6-7,10-11,13,20H2,1-5H3;1H. The van der Waals surface area contributed by atoms with Crippen LogP contribution in [-0.2, 0) is 24.4 Å². The molecule has 3 N–H and O–H groups in total. The van der Waals surface area contributed by atoms with Crippen molar-refractivity contribution in [2.75, 3.05) is 13.2 Å². The zero-order valence-corrected chi connectivity index (χ0v) is 19.0. The Hall–Kier alpha value is -1.55. The molecule has 0 aliphatic rings. The van der Waals surface area contributed by atoms with Crippen LogP contribution in [0.5, 0.6) is 5.75 Å². The molecule has 0 spiro atoms. The number of nitrogens with zero attached hydrogens (tertiary/aromatic N) is 2. The number of fused-ring (bicyclic) bond motifs is 1. The number of ether oxygens (including phenoxy) is 2. The molecule has 0 unspecified atom stereocenters. The maximum absolute atomic E-state index is 11.6. The first kappa shape index (κ1) is 23.5. The summed E-state index contributed by atoms with van der Waals surface area (Å²) in [5.41, 5.74) is 7.70. The summed E-state index contributed by atoms with van der Waals surface area (Å²) in [7, 11) is 0. The summed E-state index contributed by atoms with van der Waals surface area (Å²) in [4.78, 5) is 11.6. The molecular formula is C19H31IN4O3. The lowest BCUT2D eigenvalue weighted by molar-refractivity contribution is -0.676. The molecule has 0 radical (unpaired) electrons. The SMILES string of the molecule is CCn1c(CN)[n+](CC)c2ccc(OCCNC(=O)OC(C)(C)C)cc21.[I-]. The van der Waals surface area contributed by atoms with Gasteiger partial charge in [0.05, 0.1) is 26.2 Å². The third kappa shape index (κ3) is 5.97. The summed E-state index contributed by atoms with van der Waals surface area (Å²) in [5.74, 6) is 1.87. The van der Waals surface area contributed by atoms with Gasteiger partial charge in [0.2, 0.25) is 0 Å². The van der Waals surface area contributed by atoms with Gasteiger partial charge in [0.1, 0.15) is 18.0 Å². The van der Waals surface area contributed by atoms with Crippen molar-refractivity contribution in [1.82, 2.24) is 9.88 Å². The van der Waals surface area contributed by atoms with Gasteiger partial charge in [0.15, 0.2) is 11.0 Å². The van der Waals surface area contributed by atoms with Crippen LogP contribution in [0, 0.1) is 0 Å². The highest BCUT2D eigenvalue weighted by molar-refractivity contribution is 5.74. The number of carbonyl (C=O) groups excluding carboxylic acids is 1. The monoisotopic (exact) mass is 490 g/mol. The average Bonchev–Trinajstić information content (AvgIpc) is 2.88. The molecule has 0 aliphatic heterocycles. The molecule has 0 bridgehead atoms. The predicted molar refractivity (Wildman–Crippen MR) is 101 cm³/mol. The summed E-state index contributed by atoms with van der Waals surface area (Å²) in [6.45, 7) is 12.7. The highest BCUT2D eigenvalue weighted by Crippen LogP contribution is 2.21. The summed E-state index contributed by atoms with van der Waals surface area (Å²) in [6.07, 6.45) is -0.437. The van der Waals surface area contributed by atoms with E-state index in [4.69, 9.17) is 15.2 Å². The van der Waals surface area contributed by atoms with Gasteiger partial charge in [0, 0.05) is 6.07 Å². The van der Waals surface area contributed by atoms with Gasteiger partial charge in [-0.1, -0.05) is 0 Å². The van der Waals surface area contributed by atoms with Crippen LogP contribution in [0.2, 0.25) is 0 Å². The fraction of sp³-hybridized carbons (Fsp3) is 0.579. The van der Waals surface area contributed by atoms with Crippen molar-refractivity contribution in [3.05, 3.63) is 24.0 Å². The summed E-state index contributed by atoms with van der Waals surface area (Å²) < 4.78 is 15.4. The third-order valence-electron chi connectivity index (χ3n) is 4.01. The summed E-state index contributed by atoms with van der Waals surface area (Å²) in [6, 6.07) is 6.03. The lowest BCUT2D eigenvalue weighted by atomic mass is 10.2. The van der Waals surface area contributed by atoms with E-state index in [0.717, 1.165) is 35.7 Å². The minimum Gasteiger partial charge on any atom is -1.00 e. The van der Waals surface area contributed by atoms with Crippen LogP contribution in [0.15, 0.2) is 18.2 Å². The number of aryl methyl sites for hydroxylation is 2. The molecule has 1 aromatic carbocycles. The fourth-order valence-corrected chi connectivity index (χ4v) is 3.02. The van der Waals surface area contributed by atoms with Gasteiger partial charge in [-0.05, 0) is 46.8 Å². The Morgan fingerprint density at radius 2 is 2.00 bits per heavy atom. The smallest absolute Gasteiger partial charge is 0.407 e. The number of rotatable bonds is 7. The van der Waals surface area contributed by atoms with Crippen molar-refractivity contribution in [3.8, 4) is 5.75 Å². The Kier molecular flexibility index (Phi) is 8.80. The Morgan fingerprint density at radius 1 is 1.30 bits per heavy atom. The number of imidazole rings is 1. The topological polar surface area (TPSA) is 82.4 Å². The zero-order valence-electron chi connectivity index (χ0n) is 16.8. The number of amides is 1. The molecule has 7 nitrogen and oxygen atoms in total. The Labute approximate surface area is 178 Å². The maximum Gasteiger partial charge on any atom is 0.407 e. The van der Waals surface area contributed by atoms with Crippen molar-refractivity contribution in [3.63, 3.8) is 0 Å². The molecule has 0 aliphatic carbocycles. The number of hydrogen-bond acceptors (Lipinski definition) is 4. The van der Waals surface area contributed by atoms with E-state index < -0.39 is 11.7 Å². The number of hydrogen-bond donors (Lipinski definition) is 2. The quantitative estimate of drug-likeness (QED) is 0.307. The van der Waals surface area contributed by atoms with Gasteiger partial charge in [0.25, 0.3) is 5.82 Å². The number of aromatic nitrogens is 2. The van der Waals surface area contributed by atoms with E-state index >= 15 is 0 Å². The fourth-order valence-electron chi connectivity index (χ4n) is 3.02. The number of carbonyl (C=O) groups is 1. The third-order valence-corrected chi connectivity index (χ3v) is 4.01. The second-order valence-corrected chi connectivity index (χ2v) is 7.04. The predicted octanol–water partition coefficient (Wildman–Crippen LogP) is -0.665. The molecule has 0 fully saturated rings. The van der Waals surface area contributed by atoms with Crippen LogP contribution in [-0.4, -0.2) is 29.4 Å². The van der Waals surface area contributed by atoms with Crippen molar-refractivity contribution >= 4 is 17.1 Å². The number of nitrogens with one attached hydrogen (secondary N) is 1. The van der Waals surface area contributed by atoms with E-state index in [1.54, 1.807) is 0 Å². The van der Waals surface area contributed by atoms with Gasteiger partial charge in [-0.3, -0.25) is 0 Å². The van der Waals surface area contributed by atoms with E-state index in [0.29, 0.717) is 19.7 Å². The highest BCUT2D eigenvalue weighted by Gasteiger charge is 2.22. The normalized spacial score (nSPS) is 11.2. The second kappa shape index (κ2) is 10.1. The number of benzene rings is 1. The molecule has 152 valence electrons. The van der Waals surface area contributed by atoms with Crippen LogP contribution in [0.4, 0.5) is 4.79 Å². The second-order valence-electron chi connectivity index (χ2n) is 7.04. The Balaban J connectivity index is 0.00000364. The largest absolute Gasteiger partial charge is 1.00 e. The highest BCUT2D eigenvalue weighted by atomic mass is 127. The number of halogens is 1. The number of alkyl carbamates (subject to hydrolysis) is 1. The molecule has 0 saturated heterocycles. The van der Waals surface area contributed by atoms with Gasteiger partial charge in [-0.2, -0.15) is 0 Å². The van der Waals surface area contributed by atoms with Crippen LogP contribution in [0.3, 0.4) is 0 Å². The van der Waals surface area contributed by atoms with Gasteiger partial charge >= 0.3 is 6.09 Å². The van der Waals surface area contributed by atoms with E-state index in [9.17, 15) is 4.79 Å². The molecule has 27 heavy (non-hydrogen) atoms. The summed E-state index contributed by atoms with van der Waals surface area (Å²) in [5, 5.41) is 2.69. The van der Waals surface area contributed by atoms with Crippen LogP contribution in [0.1, 0.15) is 40.4 Å². The lowest BCUT2D eigenvalue weighted by Crippen LogP contribution is -3.00. The lowest BCUT2D eigenvalue weighted by Gasteiger charge is -2.19. The minimum atomic E-state index is -0.503. The van der Waals surface area contributed by atoms with Crippen LogP contribution >= 0.6 is 0 Å². The molecule has 2 rings (SSSR count). The molecule has 2 aromatic rings. The number of nitrogens with two attached hydrogens (primary N) is 1. The van der Waals surface area contributed by atoms with Crippen molar-refractivity contribution in [2.45, 2.75) is 59.9 Å². The molecular weight excluding hydrogens is 459 g/mol. The van der Waals surface area contributed by atoms with Gasteiger partial charge < -0.3 is 44.5 Å². The molecule has 1 aromatic heterocycles. The Morgan fingerprint density at radius 3 is 2.56 bits per heavy atom. The minimum absolute atomic E-state index is 0. The first-order valence-corrected chi connectivity index (χ1v) is 9.15. The van der Waals surface area contributed by atoms with Gasteiger partial charge in [-0.25, -0.2) is 13.9 Å². The van der Waals surface area contributed by atoms with E-state index in [1.807, 2.05) is 32.9 Å². The van der Waals surface area contributed by atoms with E-state index in [-0.39, 0.29) is 24.0 Å². The maximum atomic E-state index is 11.6. The first-order valence-electron chi connectivity index (χ1n) is 9.15. The molecule has 1 heterocycles. The van der Waals surface area contributed by atoms with Crippen molar-refractivity contribution in [1.29, 1.82) is 0 Å². The Bertz CT molecular complexity index is 768. The van der Waals surface area contributed by atoms with Crippen LogP contribution in [0.25, 0.3) is 11.0 Å². The van der Waals surface area contributed by atoms with Gasteiger partial charge in [-0.15, -0.1) is 0 Å². The zero-order chi connectivity index (χ0) is 19.3. The van der Waals surface area contributed by atoms with E-state index in [2.05, 4.69) is 34.4 Å². The molecule has 0 saturated carbocycles. The van der Waals surface area contributed by atoms with Crippen molar-refractivity contribution in [2.24, 2.45) is 5.73 Å². The van der Waals surface area contributed by atoms with E-state index in [1.165, 1.54) is 0 Å². The molecule has 0 atom stereocenters. The molecule has 8 heteroatoms. The molecule has 1 amide bonds. The van der Waals surface area contributed by atoms with Crippen LogP contribution < -0.4 is 44.3 Å². The average molecular weight is 490 g/mol.